The fourth-order valence-electron chi connectivity index (χ4n) is 4.57. The minimum atomic E-state index is -0.223. The summed E-state index contributed by atoms with van der Waals surface area (Å²) < 4.78 is 3.23. The van der Waals surface area contributed by atoms with E-state index in [4.69, 9.17) is 9.97 Å². The number of anilines is 4. The van der Waals surface area contributed by atoms with E-state index in [-0.39, 0.29) is 18.7 Å². The molecule has 2 N–H and O–H groups in total. The first-order valence-corrected chi connectivity index (χ1v) is 12.7. The highest BCUT2D eigenvalue weighted by atomic mass is 16.3. The Bertz CT molecular complexity index is 1470. The highest BCUT2D eigenvalue weighted by Gasteiger charge is 2.19. The maximum Gasteiger partial charge on any atom is 0.278 e. The summed E-state index contributed by atoms with van der Waals surface area (Å²) in [7, 11) is 4.00. The van der Waals surface area contributed by atoms with Crippen molar-refractivity contribution in [2.45, 2.75) is 6.54 Å². The second kappa shape index (κ2) is 11.0. The number of fused-ring (bicyclic) bond motifs is 1. The molecule has 0 aliphatic carbocycles. The van der Waals surface area contributed by atoms with Gasteiger partial charge in [0, 0.05) is 57.3 Å². The van der Waals surface area contributed by atoms with E-state index in [1.54, 1.807) is 21.6 Å². The van der Waals surface area contributed by atoms with E-state index in [1.807, 2.05) is 42.3 Å². The molecule has 11 heteroatoms. The Kier molecular flexibility index (Phi) is 7.38. The number of aliphatic hydroxyl groups is 1. The van der Waals surface area contributed by atoms with Gasteiger partial charge in [-0.05, 0) is 43.4 Å². The lowest BCUT2D eigenvalue weighted by Crippen LogP contribution is -2.44. The Morgan fingerprint density at radius 1 is 1.11 bits per heavy atom. The van der Waals surface area contributed by atoms with Gasteiger partial charge < -0.3 is 25.1 Å². The molecule has 0 atom stereocenters. The van der Waals surface area contributed by atoms with Crippen LogP contribution in [0.1, 0.15) is 0 Å². The molecule has 0 radical (unpaired) electrons. The molecular formula is C27H33N9O2. The first-order chi connectivity index (χ1) is 18.5. The molecule has 3 aromatic heterocycles. The maximum absolute atomic E-state index is 13.2. The standard InChI is InChI=1S/C27H33N9O2/c1-4-12-35-26(38)22-19-28-27(29-20-8-10-21(11-9-20)34-15-13-32(2)14-16-34)31-25(22)36(35)24-7-5-6-23(30-24)33(3)17-18-37/h4-11,19,37H,1,12-18H2,2-3H3,(H,28,29,31). The number of allylic oxidation sites excluding steroid dienone is 1. The SMILES string of the molecule is C=CCn1c(=O)c2cnc(Nc3ccc(N4CCN(C)CC4)cc3)nc2n1-c1cccc(N(C)CCO)n1. The van der Waals surface area contributed by atoms with E-state index in [1.165, 1.54) is 5.69 Å². The van der Waals surface area contributed by atoms with E-state index in [0.29, 0.717) is 35.2 Å². The minimum Gasteiger partial charge on any atom is -0.395 e. The van der Waals surface area contributed by atoms with Crippen molar-refractivity contribution < 1.29 is 5.11 Å². The quantitative estimate of drug-likeness (QED) is 0.324. The zero-order valence-electron chi connectivity index (χ0n) is 21.8. The van der Waals surface area contributed by atoms with Crippen LogP contribution in [-0.2, 0) is 6.54 Å². The van der Waals surface area contributed by atoms with E-state index < -0.39 is 0 Å². The molecule has 5 rings (SSSR count). The monoisotopic (exact) mass is 515 g/mol. The Morgan fingerprint density at radius 3 is 2.58 bits per heavy atom. The Hall–Kier alpha value is -4.22. The number of aromatic nitrogens is 5. The van der Waals surface area contributed by atoms with Crippen molar-refractivity contribution >= 4 is 34.2 Å². The second-order valence-electron chi connectivity index (χ2n) is 9.38. The molecule has 38 heavy (non-hydrogen) atoms. The number of nitrogens with zero attached hydrogens (tertiary/aromatic N) is 8. The van der Waals surface area contributed by atoms with E-state index in [9.17, 15) is 9.90 Å². The molecule has 0 bridgehead atoms. The van der Waals surface area contributed by atoms with Crippen molar-refractivity contribution in [3.63, 3.8) is 0 Å². The fourth-order valence-corrected chi connectivity index (χ4v) is 4.57. The minimum absolute atomic E-state index is 0.00857. The van der Waals surface area contributed by atoms with Crippen molar-refractivity contribution in [2.75, 3.05) is 68.5 Å². The third kappa shape index (κ3) is 5.11. The number of nitrogens with one attached hydrogen (secondary N) is 1. The van der Waals surface area contributed by atoms with E-state index >= 15 is 0 Å². The summed E-state index contributed by atoms with van der Waals surface area (Å²) in [5, 5.41) is 13.0. The van der Waals surface area contributed by atoms with E-state index in [2.05, 4.69) is 45.9 Å². The number of pyridine rings is 1. The number of aliphatic hydroxyl groups excluding tert-OH is 1. The van der Waals surface area contributed by atoms with Crippen LogP contribution in [0.3, 0.4) is 0 Å². The molecule has 0 saturated carbocycles. The average molecular weight is 516 g/mol. The lowest BCUT2D eigenvalue weighted by molar-refractivity contribution is 0.304. The summed E-state index contributed by atoms with van der Waals surface area (Å²) in [6, 6.07) is 13.8. The predicted octanol–water partition coefficient (Wildman–Crippen LogP) is 2.09. The van der Waals surface area contributed by atoms with Crippen LogP contribution in [-0.4, -0.2) is 87.7 Å². The molecule has 1 aromatic carbocycles. The lowest BCUT2D eigenvalue weighted by Gasteiger charge is -2.34. The van der Waals surface area contributed by atoms with Crippen molar-refractivity contribution in [1.29, 1.82) is 0 Å². The van der Waals surface area contributed by atoms with Gasteiger partial charge in [0.25, 0.3) is 5.56 Å². The molecule has 11 nitrogen and oxygen atoms in total. The van der Waals surface area contributed by atoms with Gasteiger partial charge >= 0.3 is 0 Å². The van der Waals surface area contributed by atoms with Crippen molar-refractivity contribution in [1.82, 2.24) is 29.2 Å². The van der Waals surface area contributed by atoms with Crippen LogP contribution < -0.4 is 20.7 Å². The molecular weight excluding hydrogens is 482 g/mol. The molecule has 1 aliphatic rings. The number of likely N-dealkylation sites (N-methyl/N-ethyl adjacent to an activating group) is 2. The van der Waals surface area contributed by atoms with Gasteiger partial charge in [-0.1, -0.05) is 12.1 Å². The van der Waals surface area contributed by atoms with Crippen LogP contribution in [0.15, 0.2) is 66.1 Å². The van der Waals surface area contributed by atoms with Crippen molar-refractivity contribution in [3.8, 4) is 5.82 Å². The zero-order valence-corrected chi connectivity index (χ0v) is 21.8. The highest BCUT2D eigenvalue weighted by Crippen LogP contribution is 2.23. The van der Waals surface area contributed by atoms with Crippen LogP contribution in [0.5, 0.6) is 0 Å². The van der Waals surface area contributed by atoms with Gasteiger partial charge in [-0.15, -0.1) is 6.58 Å². The predicted molar refractivity (Wildman–Crippen MR) is 151 cm³/mol. The van der Waals surface area contributed by atoms with Gasteiger partial charge in [0.2, 0.25) is 5.95 Å². The van der Waals surface area contributed by atoms with Gasteiger partial charge in [-0.2, -0.15) is 4.98 Å². The van der Waals surface area contributed by atoms with Crippen molar-refractivity contribution in [2.24, 2.45) is 0 Å². The molecule has 0 amide bonds. The summed E-state index contributed by atoms with van der Waals surface area (Å²) in [5.41, 5.74) is 2.26. The molecule has 1 aliphatic heterocycles. The zero-order chi connectivity index (χ0) is 26.6. The second-order valence-corrected chi connectivity index (χ2v) is 9.38. The van der Waals surface area contributed by atoms with Crippen LogP contribution in [0.4, 0.5) is 23.1 Å². The number of benzene rings is 1. The Balaban J connectivity index is 1.48. The molecule has 0 unspecified atom stereocenters. The van der Waals surface area contributed by atoms with Crippen LogP contribution in [0, 0.1) is 0 Å². The third-order valence-electron chi connectivity index (χ3n) is 6.73. The first kappa shape index (κ1) is 25.4. The highest BCUT2D eigenvalue weighted by molar-refractivity contribution is 5.77. The average Bonchev–Trinajstić information content (AvgIpc) is 3.20. The topological polar surface area (TPSA) is 108 Å². The summed E-state index contributed by atoms with van der Waals surface area (Å²) in [6.45, 7) is 8.65. The van der Waals surface area contributed by atoms with Gasteiger partial charge in [-0.25, -0.2) is 19.3 Å². The summed E-state index contributed by atoms with van der Waals surface area (Å²) in [6.07, 6.45) is 3.20. The number of rotatable bonds is 9. The molecule has 198 valence electrons. The van der Waals surface area contributed by atoms with Crippen LogP contribution >= 0.6 is 0 Å². The van der Waals surface area contributed by atoms with Gasteiger partial charge in [0.15, 0.2) is 11.5 Å². The van der Waals surface area contributed by atoms with Gasteiger partial charge in [0.05, 0.1) is 13.2 Å². The number of hydrogen-bond donors (Lipinski definition) is 2. The fraction of sp³-hybridized carbons (Fsp3) is 0.333. The molecule has 0 spiro atoms. The molecule has 4 heterocycles. The lowest BCUT2D eigenvalue weighted by atomic mass is 10.2. The third-order valence-corrected chi connectivity index (χ3v) is 6.73. The normalized spacial score (nSPS) is 14.1. The summed E-state index contributed by atoms with van der Waals surface area (Å²) in [5.74, 6) is 1.58. The largest absolute Gasteiger partial charge is 0.395 e. The number of piperazine rings is 1. The van der Waals surface area contributed by atoms with Crippen LogP contribution in [0.2, 0.25) is 0 Å². The van der Waals surface area contributed by atoms with Crippen LogP contribution in [0.25, 0.3) is 16.9 Å². The Morgan fingerprint density at radius 2 is 1.87 bits per heavy atom. The molecule has 4 aromatic rings. The summed E-state index contributed by atoms with van der Waals surface area (Å²) in [4.78, 5) is 33.7. The first-order valence-electron chi connectivity index (χ1n) is 12.7. The van der Waals surface area contributed by atoms with E-state index in [0.717, 1.165) is 31.9 Å². The van der Waals surface area contributed by atoms with Crippen molar-refractivity contribution in [3.05, 3.63) is 71.7 Å². The van der Waals surface area contributed by atoms with Gasteiger partial charge in [-0.3, -0.25) is 4.79 Å². The summed E-state index contributed by atoms with van der Waals surface area (Å²) >= 11 is 0. The van der Waals surface area contributed by atoms with Gasteiger partial charge in [0.1, 0.15) is 11.2 Å². The molecule has 1 fully saturated rings. The smallest absolute Gasteiger partial charge is 0.278 e. The maximum atomic E-state index is 13.2. The Labute approximate surface area is 221 Å². The molecule has 1 saturated heterocycles. The number of hydrogen-bond acceptors (Lipinski definition) is 9.